The lowest BCUT2D eigenvalue weighted by Gasteiger charge is -2.26. The van der Waals surface area contributed by atoms with Gasteiger partial charge in [0.15, 0.2) is 0 Å². The Balaban J connectivity index is 0. The van der Waals surface area contributed by atoms with Crippen LogP contribution >= 0.6 is 0 Å². The highest BCUT2D eigenvalue weighted by atomic mass is 32.2. The smallest absolute Gasteiger partial charge is 0.322 e. The Morgan fingerprint density at radius 1 is 1.18 bits per heavy atom. The summed E-state index contributed by atoms with van der Waals surface area (Å²) in [7, 11) is -1.53. The van der Waals surface area contributed by atoms with E-state index in [1.54, 1.807) is 0 Å². The third-order valence-electron chi connectivity index (χ3n) is 1.54. The van der Waals surface area contributed by atoms with Crippen LogP contribution in [0.1, 0.15) is 0 Å². The number of rotatable bonds is 4. The van der Waals surface area contributed by atoms with Crippen LogP contribution in [-0.4, -0.2) is 50.1 Å². The summed E-state index contributed by atoms with van der Waals surface area (Å²) in [4.78, 5) is 0. The summed E-state index contributed by atoms with van der Waals surface area (Å²) in [6.07, 6.45) is 3.87. The third kappa shape index (κ3) is 10.0. The van der Waals surface area contributed by atoms with Gasteiger partial charge in [0.1, 0.15) is 0 Å². The molecule has 1 N–H and O–H groups in total. The van der Waals surface area contributed by atoms with Gasteiger partial charge in [-0.05, 0) is 12.2 Å². The van der Waals surface area contributed by atoms with Gasteiger partial charge in [-0.1, -0.05) is 13.2 Å². The summed E-state index contributed by atoms with van der Waals surface area (Å²) in [6.45, 7) is 9.37. The van der Waals surface area contributed by atoms with Gasteiger partial charge in [-0.2, -0.15) is 21.6 Å². The van der Waals surface area contributed by atoms with Crippen molar-refractivity contribution in [2.45, 2.75) is 5.51 Å². The van der Waals surface area contributed by atoms with Gasteiger partial charge < -0.3 is 4.48 Å². The second-order valence-electron chi connectivity index (χ2n) is 3.80. The molecule has 17 heavy (non-hydrogen) atoms. The third-order valence-corrected chi connectivity index (χ3v) is 2.12. The number of nitrogens with zero attached hydrogens (tertiary/aromatic N) is 1. The monoisotopic (exact) mass is 276 g/mol. The maximum absolute atomic E-state index is 10.7. The number of halogens is 3. The molecule has 0 aliphatic rings. The zero-order chi connectivity index (χ0) is 14.3. The van der Waals surface area contributed by atoms with Crippen LogP contribution in [0.3, 0.4) is 0 Å². The second kappa shape index (κ2) is 6.77. The zero-order valence-electron chi connectivity index (χ0n) is 9.74. The first kappa shape index (κ1) is 18.5. The molecule has 0 aliphatic carbocycles. The standard InChI is InChI=1S/C8H16N.CHF3O3S/c1-5-7-9(3,4)8-6-2;2-1(3,4)8(5,6)7/h5-6H,1-2,7-8H2,3-4H3;(H,5,6,7)/q+1;. The molecule has 0 aliphatic heterocycles. The Morgan fingerprint density at radius 2 is 1.41 bits per heavy atom. The molecule has 0 aromatic carbocycles. The SMILES string of the molecule is C=CC[N+](C)(C)CC=C.O=S(=O)(O)C(F)(F)F. The molecule has 0 rings (SSSR count). The Bertz CT molecular complexity index is 335. The average molecular weight is 276 g/mol. The van der Waals surface area contributed by atoms with Crippen LogP contribution in [0.4, 0.5) is 13.2 Å². The molecule has 0 unspecified atom stereocenters. The van der Waals surface area contributed by atoms with E-state index < -0.39 is 15.6 Å². The van der Waals surface area contributed by atoms with E-state index in [0.717, 1.165) is 17.6 Å². The molecule has 8 heteroatoms. The van der Waals surface area contributed by atoms with Crippen molar-refractivity contribution in [3.05, 3.63) is 25.3 Å². The van der Waals surface area contributed by atoms with Crippen molar-refractivity contribution in [2.75, 3.05) is 27.2 Å². The van der Waals surface area contributed by atoms with Gasteiger partial charge in [0.25, 0.3) is 0 Å². The summed E-state index contributed by atoms with van der Waals surface area (Å²) in [5.41, 5.74) is -5.53. The molecule has 0 atom stereocenters. The Labute approximate surface area is 99.4 Å². The lowest BCUT2D eigenvalue weighted by Crippen LogP contribution is -2.39. The number of likely N-dealkylation sites (N-methyl/N-ethyl adjacent to an activating group) is 1. The Morgan fingerprint density at radius 3 is 1.53 bits per heavy atom. The second-order valence-corrected chi connectivity index (χ2v) is 5.21. The molecule has 0 heterocycles. The highest BCUT2D eigenvalue weighted by Gasteiger charge is 2.44. The summed E-state index contributed by atoms with van der Waals surface area (Å²) in [5, 5.41) is 0. The summed E-state index contributed by atoms with van der Waals surface area (Å²) >= 11 is 0. The van der Waals surface area contributed by atoms with Crippen molar-refractivity contribution in [3.63, 3.8) is 0 Å². The first-order chi connectivity index (χ1) is 7.37. The molecule has 4 nitrogen and oxygen atoms in total. The Kier molecular flexibility index (Phi) is 7.37. The van der Waals surface area contributed by atoms with Gasteiger partial charge in [0.2, 0.25) is 0 Å². The number of quaternary nitrogens is 1. The maximum atomic E-state index is 10.7. The lowest BCUT2D eigenvalue weighted by molar-refractivity contribution is -0.878. The summed E-state index contributed by atoms with van der Waals surface area (Å²) in [5.74, 6) is 0. The molecule has 0 saturated carbocycles. The van der Waals surface area contributed by atoms with Crippen molar-refractivity contribution in [1.82, 2.24) is 0 Å². The summed E-state index contributed by atoms with van der Waals surface area (Å²) < 4.78 is 58.5. The average Bonchev–Trinajstić information content (AvgIpc) is 2.00. The van der Waals surface area contributed by atoms with Crippen LogP contribution in [-0.2, 0) is 10.1 Å². The van der Waals surface area contributed by atoms with Gasteiger partial charge in [0, 0.05) is 0 Å². The van der Waals surface area contributed by atoms with Gasteiger partial charge in [0.05, 0.1) is 27.2 Å². The largest absolute Gasteiger partial charge is 0.522 e. The van der Waals surface area contributed by atoms with E-state index in [-0.39, 0.29) is 0 Å². The van der Waals surface area contributed by atoms with E-state index in [2.05, 4.69) is 27.3 Å². The minimum atomic E-state index is -5.84. The fourth-order valence-electron chi connectivity index (χ4n) is 0.774. The van der Waals surface area contributed by atoms with Gasteiger partial charge in [-0.3, -0.25) is 4.55 Å². The van der Waals surface area contributed by atoms with Crippen molar-refractivity contribution >= 4 is 10.1 Å². The van der Waals surface area contributed by atoms with Crippen LogP contribution in [0.25, 0.3) is 0 Å². The fraction of sp³-hybridized carbons (Fsp3) is 0.556. The molecule has 102 valence electrons. The first-order valence-electron chi connectivity index (χ1n) is 4.45. The molecule has 0 saturated heterocycles. The minimum Gasteiger partial charge on any atom is -0.322 e. The van der Waals surface area contributed by atoms with Crippen molar-refractivity contribution in [2.24, 2.45) is 0 Å². The molecular formula is C9H17F3NO3S+. The van der Waals surface area contributed by atoms with E-state index in [0.29, 0.717) is 0 Å². The van der Waals surface area contributed by atoms with E-state index in [1.165, 1.54) is 0 Å². The molecule has 0 aromatic rings. The summed E-state index contributed by atoms with van der Waals surface area (Å²) in [6, 6.07) is 0. The van der Waals surface area contributed by atoms with E-state index in [9.17, 15) is 13.2 Å². The molecule has 0 radical (unpaired) electrons. The van der Waals surface area contributed by atoms with Crippen LogP contribution < -0.4 is 0 Å². The van der Waals surface area contributed by atoms with Gasteiger partial charge >= 0.3 is 15.6 Å². The fourth-order valence-corrected chi connectivity index (χ4v) is 0.774. The highest BCUT2D eigenvalue weighted by molar-refractivity contribution is 7.86. The van der Waals surface area contributed by atoms with Crippen LogP contribution in [0.2, 0.25) is 0 Å². The highest BCUT2D eigenvalue weighted by Crippen LogP contribution is 2.20. The van der Waals surface area contributed by atoms with E-state index in [1.807, 2.05) is 12.2 Å². The zero-order valence-corrected chi connectivity index (χ0v) is 10.6. The number of hydrogen-bond acceptors (Lipinski definition) is 2. The van der Waals surface area contributed by atoms with Gasteiger partial charge in [-0.15, -0.1) is 0 Å². The quantitative estimate of drug-likeness (QED) is 0.369. The van der Waals surface area contributed by atoms with E-state index in [4.69, 9.17) is 13.0 Å². The molecular weight excluding hydrogens is 259 g/mol. The topological polar surface area (TPSA) is 54.4 Å². The predicted molar refractivity (Wildman–Crippen MR) is 59.8 cm³/mol. The lowest BCUT2D eigenvalue weighted by atomic mass is 10.4. The van der Waals surface area contributed by atoms with Crippen LogP contribution in [0.5, 0.6) is 0 Å². The molecule has 0 spiro atoms. The molecule has 0 aromatic heterocycles. The predicted octanol–water partition coefficient (Wildman–Crippen LogP) is 1.83. The maximum Gasteiger partial charge on any atom is 0.522 e. The normalized spacial score (nSPS) is 12.4. The van der Waals surface area contributed by atoms with Crippen molar-refractivity contribution in [3.8, 4) is 0 Å². The Hall–Kier alpha value is -0.860. The number of hydrogen-bond donors (Lipinski definition) is 1. The molecule has 0 bridgehead atoms. The van der Waals surface area contributed by atoms with E-state index >= 15 is 0 Å². The van der Waals surface area contributed by atoms with Crippen LogP contribution in [0.15, 0.2) is 25.3 Å². The minimum absolute atomic E-state index is 0.951. The van der Waals surface area contributed by atoms with Crippen LogP contribution in [0, 0.1) is 0 Å². The molecule has 0 fully saturated rings. The van der Waals surface area contributed by atoms with Crippen molar-refractivity contribution in [1.29, 1.82) is 0 Å². The first-order valence-corrected chi connectivity index (χ1v) is 5.89. The van der Waals surface area contributed by atoms with Crippen molar-refractivity contribution < 1.29 is 30.6 Å². The molecule has 0 amide bonds. The van der Waals surface area contributed by atoms with Gasteiger partial charge in [-0.25, -0.2) is 0 Å². The number of alkyl halides is 3.